The molecular formula is C13H13N3O4S. The smallest absolute Gasteiger partial charge is 0.296 e. The van der Waals surface area contributed by atoms with Crippen LogP contribution in [0.3, 0.4) is 0 Å². The first kappa shape index (κ1) is 14.8. The third kappa shape index (κ3) is 3.50. The Morgan fingerprint density at radius 2 is 1.81 bits per heavy atom. The number of nitrogen functional groups attached to an aromatic ring is 2. The van der Waals surface area contributed by atoms with Crippen molar-refractivity contribution in [2.75, 3.05) is 16.8 Å². The zero-order valence-corrected chi connectivity index (χ0v) is 11.6. The second-order valence-corrected chi connectivity index (χ2v) is 5.70. The summed E-state index contributed by atoms with van der Waals surface area (Å²) in [6.07, 6.45) is 0. The van der Waals surface area contributed by atoms with Crippen molar-refractivity contribution in [1.82, 2.24) is 0 Å². The highest BCUT2D eigenvalue weighted by Gasteiger charge is 2.14. The van der Waals surface area contributed by atoms with Crippen LogP contribution in [0.15, 0.2) is 47.4 Å². The van der Waals surface area contributed by atoms with E-state index in [4.69, 9.17) is 16.0 Å². The first-order valence-electron chi connectivity index (χ1n) is 5.81. The summed E-state index contributed by atoms with van der Waals surface area (Å²) in [7, 11) is -4.39. The molecule has 0 radical (unpaired) electrons. The van der Waals surface area contributed by atoms with Gasteiger partial charge in [-0.15, -0.1) is 0 Å². The third-order valence-electron chi connectivity index (χ3n) is 2.69. The van der Waals surface area contributed by atoms with Gasteiger partial charge in [0.1, 0.15) is 4.90 Å². The Morgan fingerprint density at radius 3 is 2.38 bits per heavy atom. The van der Waals surface area contributed by atoms with Crippen LogP contribution in [0.5, 0.6) is 0 Å². The van der Waals surface area contributed by atoms with E-state index in [1.165, 1.54) is 18.2 Å². The number of hydrogen-bond donors (Lipinski definition) is 4. The van der Waals surface area contributed by atoms with Crippen LogP contribution >= 0.6 is 0 Å². The molecule has 0 unspecified atom stereocenters. The summed E-state index contributed by atoms with van der Waals surface area (Å²) in [6, 6.07) is 10.1. The molecule has 1 amide bonds. The summed E-state index contributed by atoms with van der Waals surface area (Å²) in [6.45, 7) is 0. The van der Waals surface area contributed by atoms with E-state index in [1.807, 2.05) is 0 Å². The molecule has 0 aromatic heterocycles. The molecule has 21 heavy (non-hydrogen) atoms. The highest BCUT2D eigenvalue weighted by molar-refractivity contribution is 7.86. The van der Waals surface area contributed by atoms with Gasteiger partial charge in [-0.2, -0.15) is 8.42 Å². The summed E-state index contributed by atoms with van der Waals surface area (Å²) in [5, 5.41) is 2.55. The van der Waals surface area contributed by atoms with Gasteiger partial charge in [-0.25, -0.2) is 0 Å². The fourth-order valence-electron chi connectivity index (χ4n) is 1.74. The van der Waals surface area contributed by atoms with Crippen molar-refractivity contribution < 1.29 is 17.8 Å². The molecule has 0 aliphatic carbocycles. The van der Waals surface area contributed by atoms with Gasteiger partial charge >= 0.3 is 0 Å². The average molecular weight is 307 g/mol. The fourth-order valence-corrected chi connectivity index (χ4v) is 2.34. The molecule has 0 spiro atoms. The van der Waals surface area contributed by atoms with Crippen molar-refractivity contribution in [2.24, 2.45) is 0 Å². The number of anilines is 3. The number of benzene rings is 2. The molecule has 8 heteroatoms. The minimum Gasteiger partial charge on any atom is -0.399 e. The lowest BCUT2D eigenvalue weighted by atomic mass is 10.2. The standard InChI is InChI=1S/C13H13N3O4S/c14-9-3-1-2-8(6-9)13(17)16-10-4-5-12(11(15)7-10)21(18,19)20/h1-7H,14-15H2,(H,16,17)(H,18,19,20). The molecule has 2 aromatic carbocycles. The van der Waals surface area contributed by atoms with Crippen LogP contribution in [0.2, 0.25) is 0 Å². The average Bonchev–Trinajstić information content (AvgIpc) is 2.37. The Hall–Kier alpha value is -2.58. The van der Waals surface area contributed by atoms with Crippen LogP contribution in [0.1, 0.15) is 10.4 Å². The van der Waals surface area contributed by atoms with E-state index in [1.54, 1.807) is 18.2 Å². The Kier molecular flexibility index (Phi) is 3.83. The van der Waals surface area contributed by atoms with E-state index in [-0.39, 0.29) is 5.69 Å². The molecule has 0 atom stereocenters. The summed E-state index contributed by atoms with van der Waals surface area (Å²) in [4.78, 5) is 11.6. The van der Waals surface area contributed by atoms with Gasteiger partial charge in [0.2, 0.25) is 0 Å². The van der Waals surface area contributed by atoms with Crippen LogP contribution in [0.4, 0.5) is 17.1 Å². The van der Waals surface area contributed by atoms with E-state index in [2.05, 4.69) is 5.32 Å². The Bertz CT molecular complexity index is 803. The van der Waals surface area contributed by atoms with Gasteiger partial charge in [-0.3, -0.25) is 9.35 Å². The fraction of sp³-hybridized carbons (Fsp3) is 0. The molecule has 2 aromatic rings. The first-order chi connectivity index (χ1) is 9.77. The van der Waals surface area contributed by atoms with Crippen molar-refractivity contribution in [3.8, 4) is 0 Å². The number of nitrogens with one attached hydrogen (secondary N) is 1. The van der Waals surface area contributed by atoms with Gasteiger partial charge < -0.3 is 16.8 Å². The summed E-state index contributed by atoms with van der Waals surface area (Å²) in [5.74, 6) is -0.415. The van der Waals surface area contributed by atoms with E-state index >= 15 is 0 Å². The van der Waals surface area contributed by atoms with Crippen LogP contribution in [0.25, 0.3) is 0 Å². The molecule has 0 bridgehead atoms. The van der Waals surface area contributed by atoms with Gasteiger partial charge in [0.05, 0.1) is 5.69 Å². The monoisotopic (exact) mass is 307 g/mol. The lowest BCUT2D eigenvalue weighted by Gasteiger charge is -2.08. The van der Waals surface area contributed by atoms with Gasteiger partial charge in [-0.05, 0) is 36.4 Å². The molecule has 0 heterocycles. The lowest BCUT2D eigenvalue weighted by Crippen LogP contribution is -2.13. The second kappa shape index (κ2) is 5.43. The molecular weight excluding hydrogens is 294 g/mol. The van der Waals surface area contributed by atoms with Crippen molar-refractivity contribution >= 4 is 33.1 Å². The van der Waals surface area contributed by atoms with Gasteiger partial charge in [-0.1, -0.05) is 6.07 Å². The third-order valence-corrected chi connectivity index (χ3v) is 3.62. The molecule has 7 nitrogen and oxygen atoms in total. The number of hydrogen-bond acceptors (Lipinski definition) is 5. The molecule has 0 aliphatic rings. The normalized spacial score (nSPS) is 11.1. The number of carbonyl (C=O) groups is 1. The molecule has 0 aliphatic heterocycles. The van der Waals surface area contributed by atoms with Gasteiger partial charge in [0.25, 0.3) is 16.0 Å². The number of rotatable bonds is 3. The Morgan fingerprint density at radius 1 is 1.10 bits per heavy atom. The molecule has 2 rings (SSSR count). The van der Waals surface area contributed by atoms with E-state index < -0.39 is 20.9 Å². The summed E-state index contributed by atoms with van der Waals surface area (Å²) >= 11 is 0. The van der Waals surface area contributed by atoms with Gasteiger partial charge in [0, 0.05) is 16.9 Å². The predicted molar refractivity (Wildman–Crippen MR) is 79.5 cm³/mol. The molecule has 6 N–H and O–H groups in total. The van der Waals surface area contributed by atoms with E-state index in [0.29, 0.717) is 16.9 Å². The van der Waals surface area contributed by atoms with Gasteiger partial charge in [0.15, 0.2) is 0 Å². The van der Waals surface area contributed by atoms with Crippen LogP contribution < -0.4 is 16.8 Å². The van der Waals surface area contributed by atoms with Crippen molar-refractivity contribution in [3.63, 3.8) is 0 Å². The molecule has 0 fully saturated rings. The number of nitrogens with two attached hydrogens (primary N) is 2. The Balaban J connectivity index is 2.25. The SMILES string of the molecule is Nc1cccc(C(=O)Nc2ccc(S(=O)(=O)O)c(N)c2)c1. The number of amides is 1. The quantitative estimate of drug-likeness (QED) is 0.499. The van der Waals surface area contributed by atoms with Crippen LogP contribution in [0, 0.1) is 0 Å². The topological polar surface area (TPSA) is 136 Å². The zero-order chi connectivity index (χ0) is 15.6. The van der Waals surface area contributed by atoms with Crippen molar-refractivity contribution in [1.29, 1.82) is 0 Å². The van der Waals surface area contributed by atoms with Crippen LogP contribution in [-0.2, 0) is 10.1 Å². The van der Waals surface area contributed by atoms with Crippen LogP contribution in [-0.4, -0.2) is 18.9 Å². The summed E-state index contributed by atoms with van der Waals surface area (Å²) < 4.78 is 31.0. The first-order valence-corrected chi connectivity index (χ1v) is 7.25. The highest BCUT2D eigenvalue weighted by atomic mass is 32.2. The second-order valence-electron chi connectivity index (χ2n) is 4.31. The summed E-state index contributed by atoms with van der Waals surface area (Å²) in [5.41, 5.74) is 12.1. The van der Waals surface area contributed by atoms with Crippen molar-refractivity contribution in [3.05, 3.63) is 48.0 Å². The maximum absolute atomic E-state index is 12.0. The van der Waals surface area contributed by atoms with Crippen molar-refractivity contribution in [2.45, 2.75) is 4.90 Å². The minimum atomic E-state index is -4.39. The maximum atomic E-state index is 12.0. The lowest BCUT2D eigenvalue weighted by molar-refractivity contribution is 0.102. The number of carbonyl (C=O) groups excluding carboxylic acids is 1. The zero-order valence-electron chi connectivity index (χ0n) is 10.8. The molecule has 110 valence electrons. The Labute approximate surface area is 121 Å². The highest BCUT2D eigenvalue weighted by Crippen LogP contribution is 2.22. The maximum Gasteiger partial charge on any atom is 0.296 e. The van der Waals surface area contributed by atoms with E-state index in [0.717, 1.165) is 6.07 Å². The van der Waals surface area contributed by atoms with E-state index in [9.17, 15) is 13.2 Å². The predicted octanol–water partition coefficient (Wildman–Crippen LogP) is 1.35. The minimum absolute atomic E-state index is 0.164. The molecule has 0 saturated heterocycles. The molecule has 0 saturated carbocycles. The largest absolute Gasteiger partial charge is 0.399 e.